The van der Waals surface area contributed by atoms with Gasteiger partial charge in [-0.2, -0.15) is 0 Å². The maximum Gasteiger partial charge on any atom is 0.208 e. The summed E-state index contributed by atoms with van der Waals surface area (Å²) in [5.41, 5.74) is 0. The predicted molar refractivity (Wildman–Crippen MR) is 52.9 cm³/mol. The maximum atomic E-state index is 8.58. The Hall–Kier alpha value is -0.550. The Morgan fingerprint density at radius 1 is 1.54 bits per heavy atom. The Kier molecular flexibility index (Phi) is 4.24. The van der Waals surface area contributed by atoms with Crippen molar-refractivity contribution in [1.29, 1.82) is 0 Å². The third-order valence-electron chi connectivity index (χ3n) is 1.56. The second-order valence-corrected chi connectivity index (χ2v) is 4.15. The Labute approximate surface area is 82.2 Å². The molecule has 0 aliphatic rings. The van der Waals surface area contributed by atoms with Crippen LogP contribution in [0.1, 0.15) is 32.0 Å². The summed E-state index contributed by atoms with van der Waals surface area (Å²) < 4.78 is 0. The maximum absolute atomic E-state index is 8.58. The van der Waals surface area contributed by atoms with E-state index in [2.05, 4.69) is 29.0 Å². The van der Waals surface area contributed by atoms with E-state index < -0.39 is 0 Å². The zero-order chi connectivity index (χ0) is 9.68. The quantitative estimate of drug-likeness (QED) is 0.558. The van der Waals surface area contributed by atoms with Gasteiger partial charge in [-0.15, -0.1) is 5.10 Å². The molecule has 0 bridgehead atoms. The molecule has 0 aliphatic heterocycles. The monoisotopic (exact) mass is 201 g/mol. The minimum atomic E-state index is 0.231. The van der Waals surface area contributed by atoms with E-state index in [9.17, 15) is 0 Å². The average Bonchev–Trinajstić information content (AvgIpc) is 2.53. The molecule has 5 heteroatoms. The van der Waals surface area contributed by atoms with Gasteiger partial charge in [0.15, 0.2) is 0 Å². The molecule has 0 aliphatic carbocycles. The Bertz CT molecular complexity index is 249. The van der Waals surface area contributed by atoms with Gasteiger partial charge >= 0.3 is 0 Å². The van der Waals surface area contributed by atoms with Crippen LogP contribution < -0.4 is 0 Å². The fraction of sp³-hybridized carbons (Fsp3) is 0.750. The van der Waals surface area contributed by atoms with Crippen molar-refractivity contribution in [3.8, 4) is 0 Å². The van der Waals surface area contributed by atoms with Crippen molar-refractivity contribution in [3.05, 3.63) is 5.82 Å². The minimum absolute atomic E-state index is 0.231. The summed E-state index contributed by atoms with van der Waals surface area (Å²) in [5, 5.41) is 16.3. The van der Waals surface area contributed by atoms with Crippen LogP contribution in [0.3, 0.4) is 0 Å². The molecule has 1 rings (SSSR count). The fourth-order valence-corrected chi connectivity index (χ4v) is 1.54. The lowest BCUT2D eigenvalue weighted by atomic mass is 10.2. The molecule has 0 unspecified atom stereocenters. The molecule has 0 atom stereocenters. The third kappa shape index (κ3) is 3.36. The Balaban J connectivity index is 2.40. The van der Waals surface area contributed by atoms with Gasteiger partial charge in [-0.25, -0.2) is 4.98 Å². The van der Waals surface area contributed by atoms with E-state index in [1.807, 2.05) is 0 Å². The van der Waals surface area contributed by atoms with Gasteiger partial charge in [0, 0.05) is 18.3 Å². The molecule has 0 radical (unpaired) electrons. The first-order valence-corrected chi connectivity index (χ1v) is 5.38. The zero-order valence-corrected chi connectivity index (χ0v) is 8.77. The van der Waals surface area contributed by atoms with Gasteiger partial charge < -0.3 is 5.11 Å². The van der Waals surface area contributed by atoms with Crippen molar-refractivity contribution < 1.29 is 5.11 Å². The summed E-state index contributed by atoms with van der Waals surface area (Å²) in [7, 11) is 0. The minimum Gasteiger partial charge on any atom is -0.396 e. The molecule has 1 heterocycles. The first-order chi connectivity index (χ1) is 6.24. The van der Waals surface area contributed by atoms with Crippen LogP contribution in [0.25, 0.3) is 0 Å². The number of thioether (sulfide) groups is 1. The average molecular weight is 201 g/mol. The molecule has 2 N–H and O–H groups in total. The molecular formula is C8H15N3OS. The first kappa shape index (κ1) is 10.5. The van der Waals surface area contributed by atoms with Crippen LogP contribution in [-0.2, 0) is 0 Å². The summed E-state index contributed by atoms with van der Waals surface area (Å²) in [6.45, 7) is 4.37. The second kappa shape index (κ2) is 5.24. The highest BCUT2D eigenvalue weighted by atomic mass is 32.2. The standard InChI is InChI=1S/C8H15N3OS/c1-6(2)7-9-8(11-10-7)13-5-3-4-12/h6,12H,3-5H2,1-2H3,(H,9,10,11). The molecule has 1 aromatic heterocycles. The van der Waals surface area contributed by atoms with Crippen LogP contribution in [0.15, 0.2) is 5.16 Å². The summed E-state index contributed by atoms with van der Waals surface area (Å²) >= 11 is 1.57. The first-order valence-electron chi connectivity index (χ1n) is 4.40. The van der Waals surface area contributed by atoms with Gasteiger partial charge in [0.05, 0.1) is 0 Å². The normalized spacial score (nSPS) is 11.1. The third-order valence-corrected chi connectivity index (χ3v) is 2.50. The molecule has 13 heavy (non-hydrogen) atoms. The van der Waals surface area contributed by atoms with Crippen molar-refractivity contribution in [3.63, 3.8) is 0 Å². The summed E-state index contributed by atoms with van der Waals surface area (Å²) in [4.78, 5) is 4.30. The number of aliphatic hydroxyl groups is 1. The SMILES string of the molecule is CC(C)c1nc(SCCCO)n[nH]1. The summed E-state index contributed by atoms with van der Waals surface area (Å²) in [6, 6.07) is 0. The van der Waals surface area contributed by atoms with Gasteiger partial charge in [-0.1, -0.05) is 25.6 Å². The lowest BCUT2D eigenvalue weighted by Crippen LogP contribution is -1.89. The lowest BCUT2D eigenvalue weighted by molar-refractivity contribution is 0.296. The van der Waals surface area contributed by atoms with E-state index in [4.69, 9.17) is 5.11 Å². The number of hydrogen-bond acceptors (Lipinski definition) is 4. The molecule has 1 aromatic rings. The van der Waals surface area contributed by atoms with E-state index in [0.29, 0.717) is 5.92 Å². The van der Waals surface area contributed by atoms with Crippen molar-refractivity contribution in [2.45, 2.75) is 31.3 Å². The summed E-state index contributed by atoms with van der Waals surface area (Å²) in [6.07, 6.45) is 0.788. The number of hydrogen-bond donors (Lipinski definition) is 2. The van der Waals surface area contributed by atoms with E-state index in [1.54, 1.807) is 11.8 Å². The van der Waals surface area contributed by atoms with Gasteiger partial charge in [-0.3, -0.25) is 5.10 Å². The fourth-order valence-electron chi connectivity index (χ4n) is 0.809. The van der Waals surface area contributed by atoms with Gasteiger partial charge in [-0.05, 0) is 6.42 Å². The Morgan fingerprint density at radius 2 is 2.31 bits per heavy atom. The lowest BCUT2D eigenvalue weighted by Gasteiger charge is -1.95. The molecule has 0 saturated carbocycles. The van der Waals surface area contributed by atoms with Gasteiger partial charge in [0.25, 0.3) is 0 Å². The molecule has 4 nitrogen and oxygen atoms in total. The molecular weight excluding hydrogens is 186 g/mol. The van der Waals surface area contributed by atoms with Crippen LogP contribution in [-0.4, -0.2) is 32.6 Å². The van der Waals surface area contributed by atoms with Gasteiger partial charge in [0.2, 0.25) is 5.16 Å². The highest BCUT2D eigenvalue weighted by Gasteiger charge is 2.06. The van der Waals surface area contributed by atoms with Crippen molar-refractivity contribution in [2.75, 3.05) is 12.4 Å². The second-order valence-electron chi connectivity index (χ2n) is 3.08. The summed E-state index contributed by atoms with van der Waals surface area (Å²) in [5.74, 6) is 2.18. The molecule has 74 valence electrons. The van der Waals surface area contributed by atoms with Crippen LogP contribution >= 0.6 is 11.8 Å². The van der Waals surface area contributed by atoms with Crippen LogP contribution in [0.5, 0.6) is 0 Å². The van der Waals surface area contributed by atoms with Crippen LogP contribution in [0.2, 0.25) is 0 Å². The highest BCUT2D eigenvalue weighted by molar-refractivity contribution is 7.99. The van der Waals surface area contributed by atoms with Crippen molar-refractivity contribution in [2.24, 2.45) is 0 Å². The number of H-pyrrole nitrogens is 1. The number of nitrogens with zero attached hydrogens (tertiary/aromatic N) is 2. The number of aromatic amines is 1. The molecule has 0 saturated heterocycles. The number of rotatable bonds is 5. The van der Waals surface area contributed by atoms with Gasteiger partial charge in [0.1, 0.15) is 5.82 Å². The van der Waals surface area contributed by atoms with E-state index in [0.717, 1.165) is 23.2 Å². The molecule has 0 spiro atoms. The number of aromatic nitrogens is 3. The highest BCUT2D eigenvalue weighted by Crippen LogP contribution is 2.16. The Morgan fingerprint density at radius 3 is 2.85 bits per heavy atom. The number of nitrogens with one attached hydrogen (secondary N) is 1. The molecule has 0 amide bonds. The largest absolute Gasteiger partial charge is 0.396 e. The molecule has 0 aromatic carbocycles. The molecule has 0 fully saturated rings. The topological polar surface area (TPSA) is 61.8 Å². The smallest absolute Gasteiger partial charge is 0.208 e. The van der Waals surface area contributed by atoms with Crippen LogP contribution in [0.4, 0.5) is 0 Å². The predicted octanol–water partition coefficient (Wildman–Crippen LogP) is 1.40. The zero-order valence-electron chi connectivity index (χ0n) is 7.95. The van der Waals surface area contributed by atoms with E-state index in [-0.39, 0.29) is 6.61 Å². The van der Waals surface area contributed by atoms with E-state index in [1.165, 1.54) is 0 Å². The van der Waals surface area contributed by atoms with E-state index >= 15 is 0 Å². The van der Waals surface area contributed by atoms with Crippen molar-refractivity contribution in [1.82, 2.24) is 15.2 Å². The van der Waals surface area contributed by atoms with Crippen molar-refractivity contribution >= 4 is 11.8 Å². The number of aliphatic hydroxyl groups excluding tert-OH is 1. The van der Waals surface area contributed by atoms with Crippen LogP contribution in [0, 0.1) is 0 Å².